The maximum atomic E-state index is 10.8. The van der Waals surface area contributed by atoms with E-state index < -0.39 is 4.92 Å². The average molecular weight is 274 g/mol. The molecule has 1 N–H and O–H groups in total. The van der Waals surface area contributed by atoms with Crippen molar-refractivity contribution in [2.45, 2.75) is 0 Å². The van der Waals surface area contributed by atoms with E-state index in [-0.39, 0.29) is 5.69 Å². The molecule has 5 nitrogen and oxygen atoms in total. The molecule has 0 spiro atoms. The van der Waals surface area contributed by atoms with Gasteiger partial charge in [0.25, 0.3) is 5.69 Å². The number of hydrogen-bond acceptors (Lipinski definition) is 3. The van der Waals surface area contributed by atoms with Crippen molar-refractivity contribution in [2.24, 2.45) is 0 Å². The first kappa shape index (κ1) is 11.7. The van der Waals surface area contributed by atoms with E-state index in [1.807, 2.05) is 18.2 Å². The molecule has 94 valence electrons. The monoisotopic (exact) mass is 273 g/mol. The predicted molar refractivity (Wildman–Crippen MR) is 73.2 cm³/mol. The molecule has 0 atom stereocenters. The Morgan fingerprint density at radius 1 is 1.21 bits per heavy atom. The number of aromatic amines is 1. The zero-order valence-corrected chi connectivity index (χ0v) is 10.4. The lowest BCUT2D eigenvalue weighted by molar-refractivity contribution is -0.384. The van der Waals surface area contributed by atoms with Crippen LogP contribution in [0.15, 0.2) is 42.5 Å². The second-order valence-corrected chi connectivity index (χ2v) is 4.45. The Morgan fingerprint density at radius 2 is 2.00 bits per heavy atom. The molecule has 3 rings (SSSR count). The first-order chi connectivity index (χ1) is 9.16. The molecule has 0 aliphatic rings. The number of nitro benzene ring substituents is 1. The first-order valence-corrected chi connectivity index (χ1v) is 5.92. The third-order valence-corrected chi connectivity index (χ3v) is 3.22. The summed E-state index contributed by atoms with van der Waals surface area (Å²) in [5.74, 6) is 0. The summed E-state index contributed by atoms with van der Waals surface area (Å²) in [5, 5.41) is 19.1. The van der Waals surface area contributed by atoms with Crippen LogP contribution in [-0.4, -0.2) is 15.1 Å². The van der Waals surface area contributed by atoms with Gasteiger partial charge in [0.2, 0.25) is 0 Å². The fourth-order valence-electron chi connectivity index (χ4n) is 1.97. The highest BCUT2D eigenvalue weighted by atomic mass is 35.5. The summed E-state index contributed by atoms with van der Waals surface area (Å²) >= 11 is 6.13. The molecule has 0 bridgehead atoms. The lowest BCUT2D eigenvalue weighted by Crippen LogP contribution is -1.87. The molecule has 0 fully saturated rings. The maximum Gasteiger partial charge on any atom is 0.270 e. The van der Waals surface area contributed by atoms with Crippen molar-refractivity contribution in [3.05, 3.63) is 57.6 Å². The lowest BCUT2D eigenvalue weighted by Gasteiger charge is -2.00. The lowest BCUT2D eigenvalue weighted by atomic mass is 10.1. The molecule has 19 heavy (non-hydrogen) atoms. The topological polar surface area (TPSA) is 71.8 Å². The van der Waals surface area contributed by atoms with Gasteiger partial charge < -0.3 is 0 Å². The van der Waals surface area contributed by atoms with Crippen LogP contribution in [0.3, 0.4) is 0 Å². The van der Waals surface area contributed by atoms with Crippen LogP contribution in [-0.2, 0) is 0 Å². The number of H-pyrrole nitrogens is 1. The summed E-state index contributed by atoms with van der Waals surface area (Å²) in [5.41, 5.74) is 2.13. The minimum atomic E-state index is -0.428. The number of fused-ring (bicyclic) bond motifs is 1. The molecule has 0 saturated carbocycles. The fraction of sp³-hybridized carbons (Fsp3) is 0. The number of nitro groups is 1. The molecule has 0 saturated heterocycles. The van der Waals surface area contributed by atoms with E-state index in [9.17, 15) is 10.1 Å². The van der Waals surface area contributed by atoms with Crippen molar-refractivity contribution >= 4 is 28.2 Å². The Bertz CT molecular complexity index is 782. The van der Waals surface area contributed by atoms with Gasteiger partial charge in [-0.05, 0) is 12.1 Å². The quantitative estimate of drug-likeness (QED) is 0.570. The van der Waals surface area contributed by atoms with E-state index in [1.54, 1.807) is 12.1 Å². The minimum absolute atomic E-state index is 0.0298. The molecular weight excluding hydrogens is 266 g/mol. The number of nitrogens with zero attached hydrogens (tertiary/aromatic N) is 2. The zero-order chi connectivity index (χ0) is 13.4. The van der Waals surface area contributed by atoms with Gasteiger partial charge in [0.1, 0.15) is 5.69 Å². The third kappa shape index (κ3) is 1.94. The summed E-state index contributed by atoms with van der Waals surface area (Å²) in [6.45, 7) is 0. The summed E-state index contributed by atoms with van der Waals surface area (Å²) in [6, 6.07) is 11.8. The molecule has 6 heteroatoms. The van der Waals surface area contributed by atoms with Gasteiger partial charge in [0.05, 0.1) is 15.5 Å². The Labute approximate surface area is 113 Å². The van der Waals surface area contributed by atoms with Crippen LogP contribution in [0, 0.1) is 10.1 Å². The number of rotatable bonds is 2. The number of aromatic nitrogens is 2. The second-order valence-electron chi connectivity index (χ2n) is 4.04. The van der Waals surface area contributed by atoms with Crippen molar-refractivity contribution in [1.82, 2.24) is 10.2 Å². The summed E-state index contributed by atoms with van der Waals surface area (Å²) in [4.78, 5) is 10.4. The highest BCUT2D eigenvalue weighted by Crippen LogP contribution is 2.32. The second kappa shape index (κ2) is 4.37. The van der Waals surface area contributed by atoms with Crippen molar-refractivity contribution in [1.29, 1.82) is 0 Å². The van der Waals surface area contributed by atoms with Gasteiger partial charge >= 0.3 is 0 Å². The van der Waals surface area contributed by atoms with E-state index in [1.165, 1.54) is 12.1 Å². The van der Waals surface area contributed by atoms with Gasteiger partial charge in [0, 0.05) is 23.1 Å². The molecule has 3 aromatic rings. The Morgan fingerprint density at radius 3 is 2.74 bits per heavy atom. The van der Waals surface area contributed by atoms with Crippen LogP contribution >= 0.6 is 11.6 Å². The normalized spacial score (nSPS) is 10.8. The number of nitrogens with one attached hydrogen (secondary N) is 1. The van der Waals surface area contributed by atoms with Crippen LogP contribution < -0.4 is 0 Å². The fourth-order valence-corrected chi connectivity index (χ4v) is 2.20. The molecule has 0 amide bonds. The summed E-state index contributed by atoms with van der Waals surface area (Å²) in [6.07, 6.45) is 0. The average Bonchev–Trinajstić information content (AvgIpc) is 2.82. The molecule has 0 aliphatic carbocycles. The Hall–Kier alpha value is -2.40. The number of non-ortho nitro benzene ring substituents is 1. The van der Waals surface area contributed by atoms with Gasteiger partial charge in [-0.1, -0.05) is 29.8 Å². The van der Waals surface area contributed by atoms with E-state index >= 15 is 0 Å². The minimum Gasteiger partial charge on any atom is -0.277 e. The molecule has 0 radical (unpaired) electrons. The van der Waals surface area contributed by atoms with E-state index in [2.05, 4.69) is 10.2 Å². The van der Waals surface area contributed by atoms with E-state index in [0.717, 1.165) is 11.1 Å². The third-order valence-electron chi connectivity index (χ3n) is 2.89. The summed E-state index contributed by atoms with van der Waals surface area (Å²) < 4.78 is 0. The molecule has 2 aromatic carbocycles. The standard InChI is InChI=1S/C13H8ClN3O2/c14-11-4-2-1-3-9(11)13-10-7-8(17(18)19)5-6-12(10)15-16-13/h1-7H,(H,15,16). The predicted octanol–water partition coefficient (Wildman–Crippen LogP) is 3.79. The first-order valence-electron chi connectivity index (χ1n) is 5.54. The van der Waals surface area contributed by atoms with E-state index in [4.69, 9.17) is 11.6 Å². The Kier molecular flexibility index (Phi) is 2.68. The summed E-state index contributed by atoms with van der Waals surface area (Å²) in [7, 11) is 0. The van der Waals surface area contributed by atoms with Crippen LogP contribution in [0.5, 0.6) is 0 Å². The van der Waals surface area contributed by atoms with Crippen LogP contribution in [0.4, 0.5) is 5.69 Å². The van der Waals surface area contributed by atoms with Crippen LogP contribution in [0.2, 0.25) is 5.02 Å². The van der Waals surface area contributed by atoms with Gasteiger partial charge in [-0.25, -0.2) is 0 Å². The van der Waals surface area contributed by atoms with Gasteiger partial charge in [-0.3, -0.25) is 15.2 Å². The number of halogens is 1. The van der Waals surface area contributed by atoms with Crippen LogP contribution in [0.1, 0.15) is 0 Å². The molecule has 0 aliphatic heterocycles. The van der Waals surface area contributed by atoms with Gasteiger partial charge in [0.15, 0.2) is 0 Å². The highest BCUT2D eigenvalue weighted by Gasteiger charge is 2.14. The van der Waals surface area contributed by atoms with Gasteiger partial charge in [-0.15, -0.1) is 0 Å². The number of benzene rings is 2. The molecule has 1 heterocycles. The largest absolute Gasteiger partial charge is 0.277 e. The smallest absolute Gasteiger partial charge is 0.270 e. The molecule has 0 unspecified atom stereocenters. The van der Waals surface area contributed by atoms with Crippen molar-refractivity contribution < 1.29 is 4.92 Å². The van der Waals surface area contributed by atoms with Gasteiger partial charge in [-0.2, -0.15) is 5.10 Å². The Balaban J connectivity index is 2.27. The van der Waals surface area contributed by atoms with Crippen molar-refractivity contribution in [2.75, 3.05) is 0 Å². The zero-order valence-electron chi connectivity index (χ0n) is 9.63. The maximum absolute atomic E-state index is 10.8. The van der Waals surface area contributed by atoms with E-state index in [0.29, 0.717) is 16.1 Å². The highest BCUT2D eigenvalue weighted by molar-refractivity contribution is 6.33. The molecule has 1 aromatic heterocycles. The van der Waals surface area contributed by atoms with Crippen molar-refractivity contribution in [3.8, 4) is 11.3 Å². The number of hydrogen-bond donors (Lipinski definition) is 1. The molecular formula is C13H8ClN3O2. The SMILES string of the molecule is O=[N+]([O-])c1ccc2[nH]nc(-c3ccccc3Cl)c2c1. The van der Waals surface area contributed by atoms with Crippen molar-refractivity contribution in [3.63, 3.8) is 0 Å². The van der Waals surface area contributed by atoms with Crippen LogP contribution in [0.25, 0.3) is 22.2 Å².